The van der Waals surface area contributed by atoms with Gasteiger partial charge in [-0.15, -0.1) is 0 Å². The van der Waals surface area contributed by atoms with Crippen LogP contribution in [0, 0.1) is 6.92 Å². The first-order chi connectivity index (χ1) is 7.83. The Kier molecular flexibility index (Phi) is 3.80. The summed E-state index contributed by atoms with van der Waals surface area (Å²) in [5.74, 6) is 1.03. The van der Waals surface area contributed by atoms with E-state index in [0.29, 0.717) is 0 Å². The van der Waals surface area contributed by atoms with Crippen LogP contribution in [-0.2, 0) is 0 Å². The van der Waals surface area contributed by atoms with Gasteiger partial charge in [-0.25, -0.2) is 0 Å². The second-order valence-electron chi connectivity index (χ2n) is 3.91. The smallest absolute Gasteiger partial charge is 0.128 e. The van der Waals surface area contributed by atoms with E-state index in [9.17, 15) is 0 Å². The number of thiophene rings is 1. The van der Waals surface area contributed by atoms with Crippen molar-refractivity contribution in [1.82, 2.24) is 5.32 Å². The Labute approximate surface area is 100 Å². The zero-order chi connectivity index (χ0) is 11.4. The van der Waals surface area contributed by atoms with Gasteiger partial charge in [-0.1, -0.05) is 6.92 Å². The largest absolute Gasteiger partial charge is 0.467 e. The molecule has 0 spiro atoms. The van der Waals surface area contributed by atoms with Crippen LogP contribution in [-0.4, -0.2) is 6.54 Å². The van der Waals surface area contributed by atoms with E-state index in [1.54, 1.807) is 17.6 Å². The molecule has 3 heteroatoms. The standard InChI is InChI=1S/C13H17NOS/c1-3-6-14-12(11-5-8-16-9-11)13-10(2)4-7-15-13/h4-5,7-9,12,14H,3,6H2,1-2H3. The number of rotatable bonds is 5. The lowest BCUT2D eigenvalue weighted by Crippen LogP contribution is -2.22. The summed E-state index contributed by atoms with van der Waals surface area (Å²) in [4.78, 5) is 0. The summed E-state index contributed by atoms with van der Waals surface area (Å²) in [5, 5.41) is 7.81. The van der Waals surface area contributed by atoms with Crippen LogP contribution >= 0.6 is 11.3 Å². The van der Waals surface area contributed by atoms with Crippen molar-refractivity contribution < 1.29 is 4.42 Å². The maximum atomic E-state index is 5.59. The molecule has 1 unspecified atom stereocenters. The Morgan fingerprint density at radius 3 is 2.88 bits per heavy atom. The van der Waals surface area contributed by atoms with Crippen molar-refractivity contribution in [3.05, 3.63) is 46.0 Å². The summed E-state index contributed by atoms with van der Waals surface area (Å²) in [7, 11) is 0. The van der Waals surface area contributed by atoms with E-state index in [-0.39, 0.29) is 6.04 Å². The molecule has 16 heavy (non-hydrogen) atoms. The molecule has 2 aromatic rings. The molecule has 0 aliphatic heterocycles. The van der Waals surface area contributed by atoms with Crippen molar-refractivity contribution in [1.29, 1.82) is 0 Å². The van der Waals surface area contributed by atoms with E-state index in [1.807, 2.05) is 6.07 Å². The third-order valence-corrected chi connectivity index (χ3v) is 3.34. The van der Waals surface area contributed by atoms with Crippen molar-refractivity contribution >= 4 is 11.3 Å². The molecule has 0 amide bonds. The molecular weight excluding hydrogens is 218 g/mol. The minimum Gasteiger partial charge on any atom is -0.467 e. The first-order valence-corrected chi connectivity index (χ1v) is 6.56. The van der Waals surface area contributed by atoms with Gasteiger partial charge in [0, 0.05) is 0 Å². The highest BCUT2D eigenvalue weighted by atomic mass is 32.1. The molecule has 0 aliphatic rings. The van der Waals surface area contributed by atoms with Crippen LogP contribution in [0.2, 0.25) is 0 Å². The summed E-state index contributed by atoms with van der Waals surface area (Å²) in [6.07, 6.45) is 2.89. The SMILES string of the molecule is CCCNC(c1ccsc1)c1occc1C. The number of hydrogen-bond donors (Lipinski definition) is 1. The van der Waals surface area contributed by atoms with Crippen molar-refractivity contribution in [2.75, 3.05) is 6.54 Å². The molecule has 1 N–H and O–H groups in total. The fraction of sp³-hybridized carbons (Fsp3) is 0.385. The molecule has 0 saturated heterocycles. The third-order valence-electron chi connectivity index (χ3n) is 2.64. The van der Waals surface area contributed by atoms with E-state index in [2.05, 4.69) is 36.0 Å². The molecular formula is C13H17NOS. The van der Waals surface area contributed by atoms with E-state index < -0.39 is 0 Å². The lowest BCUT2D eigenvalue weighted by atomic mass is 10.1. The molecule has 0 saturated carbocycles. The van der Waals surface area contributed by atoms with Gasteiger partial charge in [0.05, 0.1) is 12.3 Å². The van der Waals surface area contributed by atoms with E-state index in [1.165, 1.54) is 11.1 Å². The average Bonchev–Trinajstić information content (AvgIpc) is 2.91. The summed E-state index contributed by atoms with van der Waals surface area (Å²) >= 11 is 1.72. The maximum absolute atomic E-state index is 5.59. The minimum absolute atomic E-state index is 0.196. The van der Waals surface area contributed by atoms with Crippen LogP contribution in [0.25, 0.3) is 0 Å². The Morgan fingerprint density at radius 1 is 1.44 bits per heavy atom. The molecule has 86 valence electrons. The van der Waals surface area contributed by atoms with Crippen LogP contribution < -0.4 is 5.32 Å². The molecule has 0 aromatic carbocycles. The molecule has 0 fully saturated rings. The molecule has 0 aliphatic carbocycles. The lowest BCUT2D eigenvalue weighted by molar-refractivity contribution is 0.444. The zero-order valence-corrected chi connectivity index (χ0v) is 10.5. The van der Waals surface area contributed by atoms with Crippen LogP contribution in [0.15, 0.2) is 33.6 Å². The van der Waals surface area contributed by atoms with Gasteiger partial charge >= 0.3 is 0 Å². The van der Waals surface area contributed by atoms with Crippen molar-refractivity contribution in [3.8, 4) is 0 Å². The lowest BCUT2D eigenvalue weighted by Gasteiger charge is -2.16. The van der Waals surface area contributed by atoms with Gasteiger partial charge in [-0.2, -0.15) is 11.3 Å². The van der Waals surface area contributed by atoms with E-state index in [4.69, 9.17) is 4.42 Å². The molecule has 0 bridgehead atoms. The van der Waals surface area contributed by atoms with Crippen molar-refractivity contribution in [2.24, 2.45) is 0 Å². The number of aryl methyl sites for hydroxylation is 1. The highest BCUT2D eigenvalue weighted by Crippen LogP contribution is 2.27. The van der Waals surface area contributed by atoms with Gasteiger partial charge in [0.15, 0.2) is 0 Å². The van der Waals surface area contributed by atoms with Gasteiger partial charge in [0.1, 0.15) is 5.76 Å². The van der Waals surface area contributed by atoms with Gasteiger partial charge in [0.2, 0.25) is 0 Å². The molecule has 2 rings (SSSR count). The van der Waals surface area contributed by atoms with E-state index in [0.717, 1.165) is 18.7 Å². The van der Waals surface area contributed by atoms with Gasteiger partial charge in [0.25, 0.3) is 0 Å². The monoisotopic (exact) mass is 235 g/mol. The number of nitrogens with one attached hydrogen (secondary N) is 1. The normalized spacial score (nSPS) is 12.9. The predicted molar refractivity (Wildman–Crippen MR) is 67.9 cm³/mol. The molecule has 2 nitrogen and oxygen atoms in total. The highest BCUT2D eigenvalue weighted by Gasteiger charge is 2.18. The Bertz CT molecular complexity index is 419. The van der Waals surface area contributed by atoms with Gasteiger partial charge in [-0.05, 0) is 53.9 Å². The third kappa shape index (κ3) is 2.36. The summed E-state index contributed by atoms with van der Waals surface area (Å²) < 4.78 is 5.59. The first-order valence-electron chi connectivity index (χ1n) is 5.62. The molecule has 1 atom stereocenters. The molecule has 2 heterocycles. The number of hydrogen-bond acceptors (Lipinski definition) is 3. The minimum atomic E-state index is 0.196. The second kappa shape index (κ2) is 5.32. The summed E-state index contributed by atoms with van der Waals surface area (Å²) in [5.41, 5.74) is 2.50. The molecule has 0 radical (unpaired) electrons. The fourth-order valence-electron chi connectivity index (χ4n) is 1.77. The van der Waals surface area contributed by atoms with Crippen LogP contribution in [0.4, 0.5) is 0 Å². The summed E-state index contributed by atoms with van der Waals surface area (Å²) in [6, 6.07) is 4.36. The van der Waals surface area contributed by atoms with Crippen LogP contribution in [0.5, 0.6) is 0 Å². The van der Waals surface area contributed by atoms with Gasteiger partial charge < -0.3 is 9.73 Å². The average molecular weight is 235 g/mol. The Morgan fingerprint density at radius 2 is 2.31 bits per heavy atom. The van der Waals surface area contributed by atoms with Crippen LogP contribution in [0.1, 0.15) is 36.3 Å². The Hall–Kier alpha value is -1.06. The Balaban J connectivity index is 2.25. The predicted octanol–water partition coefficient (Wildman–Crippen LogP) is 3.74. The van der Waals surface area contributed by atoms with Crippen molar-refractivity contribution in [3.63, 3.8) is 0 Å². The van der Waals surface area contributed by atoms with Crippen LogP contribution in [0.3, 0.4) is 0 Å². The highest BCUT2D eigenvalue weighted by molar-refractivity contribution is 7.08. The van der Waals surface area contributed by atoms with E-state index >= 15 is 0 Å². The van der Waals surface area contributed by atoms with Gasteiger partial charge in [-0.3, -0.25) is 0 Å². The topological polar surface area (TPSA) is 25.2 Å². The fourth-order valence-corrected chi connectivity index (χ4v) is 2.46. The summed E-state index contributed by atoms with van der Waals surface area (Å²) in [6.45, 7) is 5.26. The number of furan rings is 1. The second-order valence-corrected chi connectivity index (χ2v) is 4.69. The molecule has 2 aromatic heterocycles. The van der Waals surface area contributed by atoms with Crippen molar-refractivity contribution in [2.45, 2.75) is 26.3 Å². The zero-order valence-electron chi connectivity index (χ0n) is 9.69. The maximum Gasteiger partial charge on any atom is 0.128 e. The first kappa shape index (κ1) is 11.4. The quantitative estimate of drug-likeness (QED) is 0.854.